The van der Waals surface area contributed by atoms with Crippen molar-refractivity contribution in [1.29, 1.82) is 0 Å². The van der Waals surface area contributed by atoms with Gasteiger partial charge in [-0.05, 0) is 63.1 Å². The Balaban J connectivity index is 1.69. The number of halogens is 1. The van der Waals surface area contributed by atoms with Crippen LogP contribution >= 0.6 is 11.6 Å². The molecule has 0 aromatic heterocycles. The van der Waals surface area contributed by atoms with E-state index in [9.17, 15) is 0 Å². The minimum absolute atomic E-state index is 0.823. The van der Waals surface area contributed by atoms with E-state index in [1.165, 1.54) is 31.5 Å². The third-order valence-electron chi connectivity index (χ3n) is 3.49. The Labute approximate surface area is 109 Å². The molecule has 1 aliphatic rings. The summed E-state index contributed by atoms with van der Waals surface area (Å²) in [7, 11) is 2.20. The Morgan fingerprint density at radius 2 is 2.12 bits per heavy atom. The van der Waals surface area contributed by atoms with Crippen LogP contribution in [0.5, 0.6) is 0 Å². The number of hydrogen-bond acceptors (Lipinski definition) is 2. The normalized spacial score (nSPS) is 18.5. The van der Waals surface area contributed by atoms with Crippen molar-refractivity contribution < 1.29 is 0 Å². The third kappa shape index (κ3) is 4.30. The molecule has 1 fully saturated rings. The second-order valence-corrected chi connectivity index (χ2v) is 5.44. The largest absolute Gasteiger partial charge is 0.312 e. The second kappa shape index (κ2) is 6.39. The van der Waals surface area contributed by atoms with Crippen molar-refractivity contribution in [1.82, 2.24) is 10.2 Å². The van der Waals surface area contributed by atoms with E-state index in [1.54, 1.807) is 0 Å². The van der Waals surface area contributed by atoms with Gasteiger partial charge < -0.3 is 10.2 Å². The van der Waals surface area contributed by atoms with Crippen molar-refractivity contribution in [3.63, 3.8) is 0 Å². The number of rotatable bonds is 4. The van der Waals surface area contributed by atoms with E-state index in [2.05, 4.69) is 23.3 Å². The SMILES string of the molecule is CN1CCC(CNCc2cccc(Cl)c2)CC1. The maximum absolute atomic E-state index is 5.96. The lowest BCUT2D eigenvalue weighted by Crippen LogP contribution is -2.34. The molecule has 1 saturated heterocycles. The Hall–Kier alpha value is -0.570. The lowest BCUT2D eigenvalue weighted by Gasteiger charge is -2.29. The molecule has 2 nitrogen and oxygen atoms in total. The number of benzene rings is 1. The molecule has 1 aromatic carbocycles. The number of likely N-dealkylation sites (tertiary alicyclic amines) is 1. The van der Waals surface area contributed by atoms with Crippen LogP contribution in [0.25, 0.3) is 0 Å². The molecular formula is C14H21ClN2. The van der Waals surface area contributed by atoms with Crippen LogP contribution in [-0.2, 0) is 6.54 Å². The van der Waals surface area contributed by atoms with Crippen LogP contribution < -0.4 is 5.32 Å². The van der Waals surface area contributed by atoms with Crippen LogP contribution in [0.3, 0.4) is 0 Å². The fraction of sp³-hybridized carbons (Fsp3) is 0.571. The maximum atomic E-state index is 5.96. The highest BCUT2D eigenvalue weighted by molar-refractivity contribution is 6.30. The van der Waals surface area contributed by atoms with E-state index in [0.717, 1.165) is 24.0 Å². The molecule has 2 rings (SSSR count). The summed E-state index contributed by atoms with van der Waals surface area (Å²) in [5, 5.41) is 4.36. The van der Waals surface area contributed by atoms with Crippen molar-refractivity contribution in [3.8, 4) is 0 Å². The smallest absolute Gasteiger partial charge is 0.0409 e. The second-order valence-electron chi connectivity index (χ2n) is 5.01. The number of hydrogen-bond donors (Lipinski definition) is 1. The van der Waals surface area contributed by atoms with Crippen LogP contribution in [0.15, 0.2) is 24.3 Å². The summed E-state index contributed by atoms with van der Waals surface area (Å²) in [6.45, 7) is 4.53. The average molecular weight is 253 g/mol. The molecule has 94 valence electrons. The summed E-state index contributed by atoms with van der Waals surface area (Å²) in [5.74, 6) is 0.838. The topological polar surface area (TPSA) is 15.3 Å². The van der Waals surface area contributed by atoms with Gasteiger partial charge in [0.15, 0.2) is 0 Å². The van der Waals surface area contributed by atoms with Gasteiger partial charge in [0.1, 0.15) is 0 Å². The molecule has 17 heavy (non-hydrogen) atoms. The van der Waals surface area contributed by atoms with Gasteiger partial charge in [-0.2, -0.15) is 0 Å². The number of nitrogens with one attached hydrogen (secondary N) is 1. The highest BCUT2D eigenvalue weighted by atomic mass is 35.5. The molecule has 1 heterocycles. The van der Waals surface area contributed by atoms with Gasteiger partial charge in [0.05, 0.1) is 0 Å². The van der Waals surface area contributed by atoms with E-state index >= 15 is 0 Å². The van der Waals surface area contributed by atoms with Gasteiger partial charge >= 0.3 is 0 Å². The zero-order valence-corrected chi connectivity index (χ0v) is 11.2. The Bertz CT molecular complexity index is 346. The van der Waals surface area contributed by atoms with Crippen LogP contribution in [-0.4, -0.2) is 31.6 Å². The van der Waals surface area contributed by atoms with E-state index in [0.29, 0.717) is 0 Å². The average Bonchev–Trinajstić information content (AvgIpc) is 2.32. The van der Waals surface area contributed by atoms with Gasteiger partial charge in [0, 0.05) is 11.6 Å². The molecule has 0 aliphatic carbocycles. The van der Waals surface area contributed by atoms with Gasteiger partial charge in [-0.1, -0.05) is 23.7 Å². The highest BCUT2D eigenvalue weighted by Crippen LogP contribution is 2.15. The zero-order chi connectivity index (χ0) is 12.1. The molecule has 1 N–H and O–H groups in total. The molecule has 0 amide bonds. The van der Waals surface area contributed by atoms with Gasteiger partial charge in [0.2, 0.25) is 0 Å². The summed E-state index contributed by atoms with van der Waals surface area (Å²) in [6, 6.07) is 8.08. The predicted octanol–water partition coefficient (Wildman–Crippen LogP) is 2.77. The highest BCUT2D eigenvalue weighted by Gasteiger charge is 2.15. The quantitative estimate of drug-likeness (QED) is 0.887. The molecule has 0 radical (unpaired) electrons. The van der Waals surface area contributed by atoms with Crippen LogP contribution in [0.2, 0.25) is 5.02 Å². The van der Waals surface area contributed by atoms with Crippen LogP contribution in [0, 0.1) is 5.92 Å². The predicted molar refractivity (Wildman–Crippen MR) is 73.4 cm³/mol. The van der Waals surface area contributed by atoms with Gasteiger partial charge in [-0.25, -0.2) is 0 Å². The Morgan fingerprint density at radius 1 is 1.35 bits per heavy atom. The maximum Gasteiger partial charge on any atom is 0.0409 e. The lowest BCUT2D eigenvalue weighted by atomic mass is 9.97. The van der Waals surface area contributed by atoms with Gasteiger partial charge in [0.25, 0.3) is 0 Å². The van der Waals surface area contributed by atoms with Crippen molar-refractivity contribution in [3.05, 3.63) is 34.9 Å². The molecule has 0 spiro atoms. The molecule has 0 unspecified atom stereocenters. The van der Waals surface area contributed by atoms with E-state index in [-0.39, 0.29) is 0 Å². The summed E-state index contributed by atoms with van der Waals surface area (Å²) in [6.07, 6.45) is 2.64. The molecule has 0 atom stereocenters. The molecule has 1 aromatic rings. The summed E-state index contributed by atoms with van der Waals surface area (Å²) in [4.78, 5) is 2.41. The van der Waals surface area contributed by atoms with E-state index < -0.39 is 0 Å². The third-order valence-corrected chi connectivity index (χ3v) is 3.72. The first-order valence-corrected chi connectivity index (χ1v) is 6.75. The lowest BCUT2D eigenvalue weighted by molar-refractivity contribution is 0.216. The van der Waals surface area contributed by atoms with E-state index in [1.807, 2.05) is 18.2 Å². The summed E-state index contributed by atoms with van der Waals surface area (Å²) < 4.78 is 0. The van der Waals surface area contributed by atoms with Crippen LogP contribution in [0.4, 0.5) is 0 Å². The Morgan fingerprint density at radius 3 is 2.82 bits per heavy atom. The fourth-order valence-electron chi connectivity index (χ4n) is 2.33. The molecule has 0 saturated carbocycles. The summed E-state index contributed by atoms with van der Waals surface area (Å²) in [5.41, 5.74) is 1.27. The first-order chi connectivity index (χ1) is 8.24. The number of piperidine rings is 1. The fourth-order valence-corrected chi connectivity index (χ4v) is 2.55. The van der Waals surface area contributed by atoms with E-state index in [4.69, 9.17) is 11.6 Å². The summed E-state index contributed by atoms with van der Waals surface area (Å²) >= 11 is 5.96. The molecular weight excluding hydrogens is 232 g/mol. The molecule has 1 aliphatic heterocycles. The monoisotopic (exact) mass is 252 g/mol. The van der Waals surface area contributed by atoms with Crippen molar-refractivity contribution in [2.45, 2.75) is 19.4 Å². The van der Waals surface area contributed by atoms with Gasteiger partial charge in [-0.15, -0.1) is 0 Å². The van der Waals surface area contributed by atoms with Crippen LogP contribution in [0.1, 0.15) is 18.4 Å². The zero-order valence-electron chi connectivity index (χ0n) is 10.5. The first-order valence-electron chi connectivity index (χ1n) is 6.38. The first kappa shape index (κ1) is 12.9. The Kier molecular flexibility index (Phi) is 4.84. The molecule has 3 heteroatoms. The minimum Gasteiger partial charge on any atom is -0.312 e. The van der Waals surface area contributed by atoms with Crippen molar-refractivity contribution in [2.75, 3.05) is 26.7 Å². The van der Waals surface area contributed by atoms with Crippen molar-refractivity contribution >= 4 is 11.6 Å². The molecule has 0 bridgehead atoms. The minimum atomic E-state index is 0.823. The van der Waals surface area contributed by atoms with Crippen molar-refractivity contribution in [2.24, 2.45) is 5.92 Å². The number of nitrogens with zero attached hydrogens (tertiary/aromatic N) is 1. The standard InChI is InChI=1S/C14H21ClN2/c1-17-7-5-12(6-8-17)10-16-11-13-3-2-4-14(15)9-13/h2-4,9,12,16H,5-8,10-11H2,1H3. The van der Waals surface area contributed by atoms with Gasteiger partial charge in [-0.3, -0.25) is 0 Å².